The van der Waals surface area contributed by atoms with Crippen LogP contribution in [0.2, 0.25) is 0 Å². The fraction of sp³-hybridized carbons (Fsp3) is 0.304. The van der Waals surface area contributed by atoms with Crippen LogP contribution in [0.4, 0.5) is 5.69 Å². The van der Waals surface area contributed by atoms with Gasteiger partial charge in [-0.05, 0) is 49.9 Å². The number of hydrogen-bond acceptors (Lipinski definition) is 6. The first-order valence-electron chi connectivity index (χ1n) is 10.0. The molecule has 0 aliphatic carbocycles. The first-order chi connectivity index (χ1) is 15.1. The Labute approximate surface area is 192 Å². The van der Waals surface area contributed by atoms with Crippen LogP contribution in [0.3, 0.4) is 0 Å². The first kappa shape index (κ1) is 23.7. The van der Waals surface area contributed by atoms with Crippen LogP contribution in [0.1, 0.15) is 37.0 Å². The Morgan fingerprint density at radius 2 is 1.81 bits per heavy atom. The lowest BCUT2D eigenvalue weighted by Crippen LogP contribution is -2.27. The van der Waals surface area contributed by atoms with Gasteiger partial charge in [-0.3, -0.25) is 9.10 Å². The number of benzene rings is 1. The monoisotopic (exact) mass is 474 g/mol. The third-order valence-corrected chi connectivity index (χ3v) is 7.46. The van der Waals surface area contributed by atoms with Crippen molar-refractivity contribution >= 4 is 38.8 Å². The van der Waals surface area contributed by atoms with Crippen molar-refractivity contribution in [1.29, 1.82) is 0 Å². The summed E-state index contributed by atoms with van der Waals surface area (Å²) in [4.78, 5) is 26.7. The predicted molar refractivity (Wildman–Crippen MR) is 126 cm³/mol. The van der Waals surface area contributed by atoms with E-state index in [4.69, 9.17) is 4.74 Å². The van der Waals surface area contributed by atoms with E-state index in [0.29, 0.717) is 5.56 Å². The molecule has 0 aliphatic rings. The highest BCUT2D eigenvalue weighted by Crippen LogP contribution is 2.23. The van der Waals surface area contributed by atoms with E-state index in [1.54, 1.807) is 23.5 Å². The van der Waals surface area contributed by atoms with Crippen molar-refractivity contribution in [2.24, 2.45) is 0 Å². The predicted octanol–water partition coefficient (Wildman–Crippen LogP) is 3.84. The van der Waals surface area contributed by atoms with Crippen LogP contribution in [0.5, 0.6) is 0 Å². The molecular formula is C23H26N2O5S2. The van der Waals surface area contributed by atoms with Gasteiger partial charge in [0.15, 0.2) is 6.61 Å². The number of rotatable bonds is 9. The van der Waals surface area contributed by atoms with Gasteiger partial charge in [0.25, 0.3) is 0 Å². The van der Waals surface area contributed by atoms with Crippen LogP contribution < -0.4 is 4.31 Å². The molecule has 9 heteroatoms. The molecule has 0 bridgehead atoms. The van der Waals surface area contributed by atoms with Crippen molar-refractivity contribution in [2.75, 3.05) is 24.2 Å². The number of Topliss-reactive ketones (excluding diaryl/α,β-unsaturated/α-hetero) is 1. The standard InChI is InChI=1S/C23H26N2O5S2/c1-16-14-20(17(2)25(16)12-11-18-8-7-13-31-18)22(26)15-30-23(27)19-9-5-6-10-21(19)24(3)32(4,28)29/h5-10,13-14H,11-12,15H2,1-4H3. The van der Waals surface area contributed by atoms with Crippen LogP contribution in [0.25, 0.3) is 0 Å². The summed E-state index contributed by atoms with van der Waals surface area (Å²) in [5, 5.41) is 2.04. The normalized spacial score (nSPS) is 11.4. The molecule has 0 radical (unpaired) electrons. The largest absolute Gasteiger partial charge is 0.454 e. The zero-order valence-corrected chi connectivity index (χ0v) is 20.1. The van der Waals surface area contributed by atoms with Crippen LogP contribution >= 0.6 is 11.3 Å². The van der Waals surface area contributed by atoms with Gasteiger partial charge in [0.1, 0.15) is 0 Å². The average Bonchev–Trinajstić information content (AvgIpc) is 3.37. The summed E-state index contributed by atoms with van der Waals surface area (Å²) >= 11 is 1.70. The number of aromatic nitrogens is 1. The molecule has 2 aromatic heterocycles. The minimum Gasteiger partial charge on any atom is -0.454 e. The number of aryl methyl sites for hydroxylation is 2. The molecule has 0 amide bonds. The van der Waals surface area contributed by atoms with E-state index in [9.17, 15) is 18.0 Å². The highest BCUT2D eigenvalue weighted by atomic mass is 32.2. The number of hydrogen-bond donors (Lipinski definition) is 0. The Morgan fingerprint density at radius 1 is 1.09 bits per heavy atom. The average molecular weight is 475 g/mol. The number of ether oxygens (including phenoxy) is 1. The molecule has 32 heavy (non-hydrogen) atoms. The number of nitrogens with zero attached hydrogens (tertiary/aromatic N) is 2. The van der Waals surface area contributed by atoms with Crippen molar-refractivity contribution in [1.82, 2.24) is 4.57 Å². The van der Waals surface area contributed by atoms with E-state index < -0.39 is 22.6 Å². The molecule has 3 rings (SSSR count). The van der Waals surface area contributed by atoms with Gasteiger partial charge in [-0.2, -0.15) is 0 Å². The molecule has 3 aromatic rings. The summed E-state index contributed by atoms with van der Waals surface area (Å²) in [5.41, 5.74) is 2.59. The molecule has 0 aliphatic heterocycles. The Kier molecular flexibility index (Phi) is 7.20. The maximum atomic E-state index is 12.8. The van der Waals surface area contributed by atoms with Crippen LogP contribution in [0.15, 0.2) is 47.8 Å². The number of ketones is 1. The molecule has 0 atom stereocenters. The molecule has 0 fully saturated rings. The summed E-state index contributed by atoms with van der Waals surface area (Å²) in [6.07, 6.45) is 1.92. The Bertz CT molecular complexity index is 1230. The number of para-hydroxylation sites is 1. The van der Waals surface area contributed by atoms with E-state index in [2.05, 4.69) is 10.6 Å². The summed E-state index contributed by atoms with van der Waals surface area (Å²) in [5.74, 6) is -1.06. The molecule has 0 saturated heterocycles. The van der Waals surface area contributed by atoms with Gasteiger partial charge in [-0.1, -0.05) is 18.2 Å². The lowest BCUT2D eigenvalue weighted by molar-refractivity contribution is 0.0475. The zero-order chi connectivity index (χ0) is 23.5. The maximum Gasteiger partial charge on any atom is 0.340 e. The highest BCUT2D eigenvalue weighted by Gasteiger charge is 2.22. The lowest BCUT2D eigenvalue weighted by atomic mass is 10.1. The number of anilines is 1. The van der Waals surface area contributed by atoms with E-state index in [-0.39, 0.29) is 17.0 Å². The summed E-state index contributed by atoms with van der Waals surface area (Å²) in [6.45, 7) is 4.16. The topological polar surface area (TPSA) is 85.7 Å². The van der Waals surface area contributed by atoms with Crippen molar-refractivity contribution in [3.05, 3.63) is 75.2 Å². The quantitative estimate of drug-likeness (QED) is 0.347. The third-order valence-electron chi connectivity index (χ3n) is 5.33. The summed E-state index contributed by atoms with van der Waals surface area (Å²) in [6, 6.07) is 12.1. The minimum atomic E-state index is -3.56. The second kappa shape index (κ2) is 9.70. The fourth-order valence-electron chi connectivity index (χ4n) is 3.49. The van der Waals surface area contributed by atoms with Gasteiger partial charge in [-0.25, -0.2) is 13.2 Å². The van der Waals surface area contributed by atoms with Gasteiger partial charge in [0, 0.05) is 35.4 Å². The van der Waals surface area contributed by atoms with Crippen LogP contribution in [-0.4, -0.2) is 44.6 Å². The number of carbonyl (C=O) groups is 2. The van der Waals surface area contributed by atoms with Gasteiger partial charge >= 0.3 is 5.97 Å². The summed E-state index contributed by atoms with van der Waals surface area (Å²) < 4.78 is 32.1. The van der Waals surface area contributed by atoms with Crippen LogP contribution in [0, 0.1) is 13.8 Å². The molecular weight excluding hydrogens is 448 g/mol. The first-order valence-corrected chi connectivity index (χ1v) is 12.7. The van der Waals surface area contributed by atoms with E-state index >= 15 is 0 Å². The number of carbonyl (C=O) groups excluding carboxylic acids is 2. The summed E-state index contributed by atoms with van der Waals surface area (Å²) in [7, 11) is -2.20. The molecule has 170 valence electrons. The second-order valence-electron chi connectivity index (χ2n) is 7.51. The second-order valence-corrected chi connectivity index (χ2v) is 10.6. The van der Waals surface area contributed by atoms with Crippen molar-refractivity contribution < 1.29 is 22.7 Å². The molecule has 1 aromatic carbocycles. The van der Waals surface area contributed by atoms with E-state index in [1.165, 1.54) is 24.1 Å². The number of esters is 1. The molecule has 2 heterocycles. The zero-order valence-electron chi connectivity index (χ0n) is 18.5. The Morgan fingerprint density at radius 3 is 2.47 bits per heavy atom. The molecule has 0 N–H and O–H groups in total. The SMILES string of the molecule is Cc1cc(C(=O)COC(=O)c2ccccc2N(C)S(C)(=O)=O)c(C)n1CCc1cccs1. The molecule has 0 spiro atoms. The minimum absolute atomic E-state index is 0.0784. The van der Waals surface area contributed by atoms with Gasteiger partial charge < -0.3 is 9.30 Å². The molecule has 7 nitrogen and oxygen atoms in total. The Hall–Kier alpha value is -2.91. The van der Waals surface area contributed by atoms with Crippen LogP contribution in [-0.2, 0) is 27.7 Å². The Balaban J connectivity index is 1.70. The van der Waals surface area contributed by atoms with E-state index in [1.807, 2.05) is 31.4 Å². The van der Waals surface area contributed by atoms with Crippen molar-refractivity contribution in [3.63, 3.8) is 0 Å². The maximum absolute atomic E-state index is 12.8. The van der Waals surface area contributed by atoms with Gasteiger partial charge in [-0.15, -0.1) is 11.3 Å². The number of thiophene rings is 1. The third kappa shape index (κ3) is 5.28. The smallest absolute Gasteiger partial charge is 0.340 e. The van der Waals surface area contributed by atoms with E-state index in [0.717, 1.165) is 34.9 Å². The highest BCUT2D eigenvalue weighted by molar-refractivity contribution is 7.92. The molecule has 0 saturated carbocycles. The van der Waals surface area contributed by atoms with Crippen molar-refractivity contribution in [2.45, 2.75) is 26.8 Å². The lowest BCUT2D eigenvalue weighted by Gasteiger charge is -2.19. The fourth-order valence-corrected chi connectivity index (χ4v) is 4.71. The van der Waals surface area contributed by atoms with Crippen molar-refractivity contribution in [3.8, 4) is 0 Å². The number of sulfonamides is 1. The van der Waals surface area contributed by atoms with Gasteiger partial charge in [0.2, 0.25) is 15.8 Å². The molecule has 0 unspecified atom stereocenters. The van der Waals surface area contributed by atoms with Gasteiger partial charge in [0.05, 0.1) is 17.5 Å².